The van der Waals surface area contributed by atoms with Crippen LogP contribution in [0.15, 0.2) is 51.9 Å². The molecule has 0 radical (unpaired) electrons. The van der Waals surface area contributed by atoms with Crippen LogP contribution in [-0.4, -0.2) is 62.1 Å². The molecule has 0 saturated carbocycles. The van der Waals surface area contributed by atoms with Gasteiger partial charge in [0.1, 0.15) is 11.8 Å². The Morgan fingerprint density at radius 2 is 1.97 bits per heavy atom. The van der Waals surface area contributed by atoms with Gasteiger partial charge in [0.15, 0.2) is 5.82 Å². The Bertz CT molecular complexity index is 1390. The Kier molecular flexibility index (Phi) is 6.86. The van der Waals surface area contributed by atoms with Crippen molar-refractivity contribution >= 4 is 10.9 Å². The molecule has 0 spiro atoms. The number of aryl methyl sites for hydroxylation is 1. The average Bonchev–Trinajstić information content (AvgIpc) is 3.70. The highest BCUT2D eigenvalue weighted by atomic mass is 16.5. The van der Waals surface area contributed by atoms with Gasteiger partial charge in [-0.15, -0.1) is 5.10 Å². The Morgan fingerprint density at radius 1 is 1.14 bits per heavy atom. The van der Waals surface area contributed by atoms with Crippen LogP contribution in [0.4, 0.5) is 0 Å². The minimum atomic E-state index is -0.514. The van der Waals surface area contributed by atoms with Crippen LogP contribution in [0, 0.1) is 6.92 Å². The third-order valence-electron chi connectivity index (χ3n) is 7.29. The first-order chi connectivity index (χ1) is 18.1. The van der Waals surface area contributed by atoms with Gasteiger partial charge in [0, 0.05) is 30.8 Å². The molecule has 10 heteroatoms. The molecule has 1 N–H and O–H groups in total. The number of hydrogen-bond donors (Lipinski definition) is 1. The van der Waals surface area contributed by atoms with Crippen LogP contribution in [0.2, 0.25) is 0 Å². The standard InChI is InChI=1S/C27H32N6O4/c1-18-8-9-24-19(13-18)14-23(27(34)28-24)25(26-29-30-31-33(26)17-22-7-4-12-37-22)32(15-20-5-2-10-35-20)16-21-6-3-11-36-21/h2,5,8-10,13-14,21-22,25H,3-4,6-7,11-12,15-17H2,1H3,(H,28,34)/t21-,22+,25+/m0/s1. The number of hydrogen-bond acceptors (Lipinski definition) is 8. The second-order valence-corrected chi connectivity index (χ2v) is 10.0. The molecule has 2 fully saturated rings. The van der Waals surface area contributed by atoms with Crippen LogP contribution in [0.25, 0.3) is 10.9 Å². The summed E-state index contributed by atoms with van der Waals surface area (Å²) in [5.41, 5.74) is 2.35. The maximum atomic E-state index is 13.6. The van der Waals surface area contributed by atoms with E-state index in [0.29, 0.717) is 31.0 Å². The molecule has 3 atom stereocenters. The number of furan rings is 1. The number of rotatable bonds is 9. The highest BCUT2D eigenvalue weighted by Gasteiger charge is 2.34. The van der Waals surface area contributed by atoms with E-state index in [1.54, 1.807) is 10.9 Å². The Labute approximate surface area is 214 Å². The molecule has 194 valence electrons. The third kappa shape index (κ3) is 5.22. The van der Waals surface area contributed by atoms with E-state index in [2.05, 4.69) is 31.5 Å². The number of nitrogens with zero attached hydrogens (tertiary/aromatic N) is 5. The molecule has 37 heavy (non-hydrogen) atoms. The Hall–Kier alpha value is -3.34. The highest BCUT2D eigenvalue weighted by Crippen LogP contribution is 2.31. The summed E-state index contributed by atoms with van der Waals surface area (Å²) in [5.74, 6) is 1.41. The van der Waals surface area contributed by atoms with Gasteiger partial charge in [-0.3, -0.25) is 9.69 Å². The summed E-state index contributed by atoms with van der Waals surface area (Å²) in [6.07, 6.45) is 5.76. The molecule has 2 aliphatic heterocycles. The minimum absolute atomic E-state index is 0.0529. The number of fused-ring (bicyclic) bond motifs is 1. The van der Waals surface area contributed by atoms with E-state index in [-0.39, 0.29) is 17.8 Å². The van der Waals surface area contributed by atoms with E-state index in [1.165, 1.54) is 0 Å². The predicted octanol–water partition coefficient (Wildman–Crippen LogP) is 3.37. The molecule has 0 aliphatic carbocycles. The molecule has 1 aromatic carbocycles. The Morgan fingerprint density at radius 3 is 2.73 bits per heavy atom. The van der Waals surface area contributed by atoms with Crippen molar-refractivity contribution in [1.82, 2.24) is 30.1 Å². The SMILES string of the molecule is Cc1ccc2[nH]c(=O)c([C@H](c3nnnn3C[C@H]3CCCO3)N(Cc3ccco3)C[C@@H]3CCCO3)cc2c1. The van der Waals surface area contributed by atoms with Gasteiger partial charge in [-0.1, -0.05) is 11.6 Å². The quantitative estimate of drug-likeness (QED) is 0.369. The van der Waals surface area contributed by atoms with Crippen molar-refractivity contribution in [2.24, 2.45) is 0 Å². The number of H-pyrrole nitrogens is 1. The largest absolute Gasteiger partial charge is 0.468 e. The fourth-order valence-corrected chi connectivity index (χ4v) is 5.48. The van der Waals surface area contributed by atoms with Crippen LogP contribution >= 0.6 is 0 Å². The summed E-state index contributed by atoms with van der Waals surface area (Å²) in [7, 11) is 0. The second-order valence-electron chi connectivity index (χ2n) is 10.0. The van der Waals surface area contributed by atoms with Crippen molar-refractivity contribution in [3.8, 4) is 0 Å². The number of aromatic amines is 1. The van der Waals surface area contributed by atoms with Gasteiger partial charge in [0.05, 0.1) is 31.6 Å². The zero-order chi connectivity index (χ0) is 25.2. The maximum absolute atomic E-state index is 13.6. The van der Waals surface area contributed by atoms with Gasteiger partial charge >= 0.3 is 0 Å². The van der Waals surface area contributed by atoms with Crippen molar-refractivity contribution in [3.05, 3.63) is 75.7 Å². The van der Waals surface area contributed by atoms with Crippen LogP contribution < -0.4 is 5.56 Å². The maximum Gasteiger partial charge on any atom is 0.253 e. The molecule has 3 aromatic heterocycles. The first-order valence-corrected chi connectivity index (χ1v) is 13.0. The molecule has 6 rings (SSSR count). The lowest BCUT2D eigenvalue weighted by atomic mass is 10.0. The van der Waals surface area contributed by atoms with Crippen molar-refractivity contribution < 1.29 is 13.9 Å². The average molecular weight is 505 g/mol. The number of tetrazole rings is 1. The van der Waals surface area contributed by atoms with E-state index in [9.17, 15) is 4.79 Å². The second kappa shape index (κ2) is 10.6. The van der Waals surface area contributed by atoms with E-state index in [0.717, 1.165) is 61.1 Å². The van der Waals surface area contributed by atoms with Gasteiger partial charge in [-0.05, 0) is 78.8 Å². The van der Waals surface area contributed by atoms with Crippen molar-refractivity contribution in [1.29, 1.82) is 0 Å². The van der Waals surface area contributed by atoms with Gasteiger partial charge in [0.25, 0.3) is 5.56 Å². The van der Waals surface area contributed by atoms with Crippen molar-refractivity contribution in [2.45, 2.75) is 63.9 Å². The van der Waals surface area contributed by atoms with Gasteiger partial charge in [-0.2, -0.15) is 0 Å². The van der Waals surface area contributed by atoms with Crippen LogP contribution in [0.3, 0.4) is 0 Å². The lowest BCUT2D eigenvalue weighted by molar-refractivity contribution is 0.0528. The summed E-state index contributed by atoms with van der Waals surface area (Å²) in [4.78, 5) is 18.9. The zero-order valence-electron chi connectivity index (χ0n) is 21.0. The molecular formula is C27H32N6O4. The van der Waals surface area contributed by atoms with E-state index in [4.69, 9.17) is 13.9 Å². The van der Waals surface area contributed by atoms with Crippen molar-refractivity contribution in [2.75, 3.05) is 19.8 Å². The fourth-order valence-electron chi connectivity index (χ4n) is 5.48. The van der Waals surface area contributed by atoms with Crippen LogP contribution in [0.5, 0.6) is 0 Å². The molecule has 2 aliphatic rings. The normalized spacial score (nSPS) is 20.8. The summed E-state index contributed by atoms with van der Waals surface area (Å²) in [6, 6.07) is 11.3. The number of pyridine rings is 1. The third-order valence-corrected chi connectivity index (χ3v) is 7.29. The van der Waals surface area contributed by atoms with Crippen molar-refractivity contribution in [3.63, 3.8) is 0 Å². The predicted molar refractivity (Wildman–Crippen MR) is 136 cm³/mol. The molecule has 10 nitrogen and oxygen atoms in total. The van der Waals surface area contributed by atoms with E-state index >= 15 is 0 Å². The number of benzene rings is 1. The van der Waals surface area contributed by atoms with Crippen LogP contribution in [-0.2, 0) is 22.6 Å². The molecular weight excluding hydrogens is 472 g/mol. The smallest absolute Gasteiger partial charge is 0.253 e. The minimum Gasteiger partial charge on any atom is -0.468 e. The molecule has 0 amide bonds. The molecule has 0 bridgehead atoms. The number of ether oxygens (including phenoxy) is 2. The first-order valence-electron chi connectivity index (χ1n) is 13.0. The summed E-state index contributed by atoms with van der Waals surface area (Å²) >= 11 is 0. The number of nitrogens with one attached hydrogen (secondary N) is 1. The van der Waals surface area contributed by atoms with Gasteiger partial charge < -0.3 is 18.9 Å². The monoisotopic (exact) mass is 504 g/mol. The summed E-state index contributed by atoms with van der Waals surface area (Å²) < 4.78 is 19.4. The zero-order valence-corrected chi connectivity index (χ0v) is 21.0. The topological polar surface area (TPSA) is 111 Å². The summed E-state index contributed by atoms with van der Waals surface area (Å²) in [6.45, 7) is 5.18. The Balaban J connectivity index is 1.47. The van der Waals surface area contributed by atoms with Crippen LogP contribution in [0.1, 0.15) is 54.4 Å². The molecule has 0 unspecified atom stereocenters. The van der Waals surface area contributed by atoms with E-state index < -0.39 is 6.04 Å². The molecule has 2 saturated heterocycles. The van der Waals surface area contributed by atoms with Gasteiger partial charge in [0.2, 0.25) is 0 Å². The van der Waals surface area contributed by atoms with E-state index in [1.807, 2.05) is 37.3 Å². The fraction of sp³-hybridized carbons (Fsp3) is 0.481. The molecule has 5 heterocycles. The highest BCUT2D eigenvalue weighted by molar-refractivity contribution is 5.79. The molecule has 4 aromatic rings. The summed E-state index contributed by atoms with van der Waals surface area (Å²) in [5, 5.41) is 13.8. The lowest BCUT2D eigenvalue weighted by Gasteiger charge is -2.32. The first kappa shape index (κ1) is 24.0. The van der Waals surface area contributed by atoms with Gasteiger partial charge in [-0.25, -0.2) is 4.68 Å². The lowest BCUT2D eigenvalue weighted by Crippen LogP contribution is -2.39. The number of aromatic nitrogens is 5.